The Morgan fingerprint density at radius 2 is 1.76 bits per heavy atom. The number of hydrogen-bond donors (Lipinski definition) is 5. The van der Waals surface area contributed by atoms with Gasteiger partial charge >= 0.3 is 0 Å². The molecular formula is C23H30N2O8. The standard InChI is InChI=1S/C23H30N2O8/c1-25(2)14-6-9-17(32-23-21(29)20(28)19(27)18(12-26)33-23)16(10-14)22(30)24-11-13-4-7-15(31-3)8-5-13/h4-10,18-21,23,26-29H,11-12H2,1-3H3,(H,24,30)/t18-,19-,20+,21-,23-/m1/s1. The number of aliphatic hydroxyl groups excluding tert-OH is 4. The van der Waals surface area contributed by atoms with Gasteiger partial charge < -0.3 is 44.9 Å². The summed E-state index contributed by atoms with van der Waals surface area (Å²) in [6, 6.07) is 12.2. The van der Waals surface area contributed by atoms with Gasteiger partial charge in [0, 0.05) is 26.3 Å². The third kappa shape index (κ3) is 5.73. The molecule has 1 amide bonds. The van der Waals surface area contributed by atoms with Crippen LogP contribution in [0.25, 0.3) is 0 Å². The zero-order valence-electron chi connectivity index (χ0n) is 18.7. The highest BCUT2D eigenvalue weighted by Gasteiger charge is 2.45. The molecule has 2 aromatic rings. The van der Waals surface area contributed by atoms with Crippen LogP contribution in [0.2, 0.25) is 0 Å². The van der Waals surface area contributed by atoms with Gasteiger partial charge in [-0.2, -0.15) is 0 Å². The highest BCUT2D eigenvalue weighted by atomic mass is 16.7. The summed E-state index contributed by atoms with van der Waals surface area (Å²) in [6.45, 7) is -0.325. The lowest BCUT2D eigenvalue weighted by molar-refractivity contribution is -0.277. The first-order valence-corrected chi connectivity index (χ1v) is 10.4. The average molecular weight is 462 g/mol. The second-order valence-corrected chi connectivity index (χ2v) is 7.92. The third-order valence-electron chi connectivity index (χ3n) is 5.43. The van der Waals surface area contributed by atoms with Crippen LogP contribution in [0.15, 0.2) is 42.5 Å². The van der Waals surface area contributed by atoms with Crippen LogP contribution >= 0.6 is 0 Å². The summed E-state index contributed by atoms with van der Waals surface area (Å²) in [6.07, 6.45) is -7.21. The molecule has 1 aliphatic rings. The summed E-state index contributed by atoms with van der Waals surface area (Å²) >= 11 is 0. The molecule has 3 rings (SSSR count). The number of methoxy groups -OCH3 is 1. The number of ether oxygens (including phenoxy) is 3. The fraction of sp³-hybridized carbons (Fsp3) is 0.435. The smallest absolute Gasteiger partial charge is 0.255 e. The number of hydrogen-bond acceptors (Lipinski definition) is 9. The summed E-state index contributed by atoms with van der Waals surface area (Å²) in [5.41, 5.74) is 1.79. The molecule has 2 aromatic carbocycles. The van der Waals surface area contributed by atoms with Gasteiger partial charge in [-0.15, -0.1) is 0 Å². The molecule has 0 saturated carbocycles. The molecule has 5 atom stereocenters. The van der Waals surface area contributed by atoms with Gasteiger partial charge in [-0.1, -0.05) is 12.1 Å². The minimum absolute atomic E-state index is 0.108. The van der Waals surface area contributed by atoms with Crippen molar-refractivity contribution < 1.29 is 39.4 Å². The van der Waals surface area contributed by atoms with E-state index in [9.17, 15) is 25.2 Å². The van der Waals surface area contributed by atoms with E-state index >= 15 is 0 Å². The SMILES string of the molecule is COc1ccc(CNC(=O)c2cc(N(C)C)ccc2O[C@@H]2O[C@H](CO)[C@@H](O)[C@H](O)[C@H]2O)cc1. The summed E-state index contributed by atoms with van der Waals surface area (Å²) in [5, 5.41) is 42.5. The number of carbonyl (C=O) groups excluding carboxylic acids is 1. The molecule has 5 N–H and O–H groups in total. The fourth-order valence-corrected chi connectivity index (χ4v) is 3.39. The van der Waals surface area contributed by atoms with E-state index in [0.29, 0.717) is 5.75 Å². The molecule has 0 spiro atoms. The quantitative estimate of drug-likeness (QED) is 0.363. The average Bonchev–Trinajstić information content (AvgIpc) is 2.83. The maximum Gasteiger partial charge on any atom is 0.255 e. The number of amides is 1. The lowest BCUT2D eigenvalue weighted by Gasteiger charge is -2.39. The molecule has 10 heteroatoms. The Bertz CT molecular complexity index is 935. The minimum atomic E-state index is -1.59. The third-order valence-corrected chi connectivity index (χ3v) is 5.43. The molecule has 0 unspecified atom stereocenters. The lowest BCUT2D eigenvalue weighted by Crippen LogP contribution is -2.60. The Balaban J connectivity index is 1.81. The van der Waals surface area contributed by atoms with Crippen molar-refractivity contribution in [1.82, 2.24) is 5.32 Å². The van der Waals surface area contributed by atoms with E-state index in [1.165, 1.54) is 0 Å². The first-order valence-electron chi connectivity index (χ1n) is 10.4. The van der Waals surface area contributed by atoms with Gasteiger partial charge in [-0.3, -0.25) is 4.79 Å². The number of nitrogens with zero attached hydrogens (tertiary/aromatic N) is 1. The maximum absolute atomic E-state index is 13.0. The van der Waals surface area contributed by atoms with E-state index in [1.807, 2.05) is 31.1 Å². The van der Waals surface area contributed by atoms with E-state index in [0.717, 1.165) is 11.3 Å². The molecule has 0 radical (unpaired) electrons. The molecule has 0 aliphatic carbocycles. The van der Waals surface area contributed by atoms with E-state index in [-0.39, 0.29) is 17.9 Å². The zero-order chi connectivity index (χ0) is 24.1. The van der Waals surface area contributed by atoms with E-state index < -0.39 is 43.2 Å². The topological polar surface area (TPSA) is 141 Å². The van der Waals surface area contributed by atoms with Crippen LogP contribution in [-0.2, 0) is 11.3 Å². The molecule has 0 bridgehead atoms. The largest absolute Gasteiger partial charge is 0.497 e. The van der Waals surface area contributed by atoms with Crippen molar-refractivity contribution in [3.05, 3.63) is 53.6 Å². The van der Waals surface area contributed by atoms with Crippen molar-refractivity contribution in [2.75, 3.05) is 32.7 Å². The highest BCUT2D eigenvalue weighted by Crippen LogP contribution is 2.29. The molecule has 10 nitrogen and oxygen atoms in total. The van der Waals surface area contributed by atoms with Crippen LogP contribution < -0.4 is 19.7 Å². The van der Waals surface area contributed by atoms with Gasteiger partial charge in [-0.25, -0.2) is 0 Å². The summed E-state index contributed by atoms with van der Waals surface area (Å²) < 4.78 is 16.3. The highest BCUT2D eigenvalue weighted by molar-refractivity contribution is 5.98. The zero-order valence-corrected chi connectivity index (χ0v) is 18.7. The minimum Gasteiger partial charge on any atom is -0.497 e. The molecule has 1 saturated heterocycles. The van der Waals surface area contributed by atoms with Crippen LogP contribution in [-0.4, -0.2) is 84.9 Å². The summed E-state index contributed by atoms with van der Waals surface area (Å²) in [4.78, 5) is 14.8. The van der Waals surface area contributed by atoms with Crippen molar-refractivity contribution >= 4 is 11.6 Å². The van der Waals surface area contributed by atoms with E-state index in [4.69, 9.17) is 14.2 Å². The van der Waals surface area contributed by atoms with Crippen molar-refractivity contribution in [2.45, 2.75) is 37.3 Å². The molecule has 1 fully saturated rings. The van der Waals surface area contributed by atoms with E-state index in [2.05, 4.69) is 5.32 Å². The lowest BCUT2D eigenvalue weighted by atomic mass is 9.99. The van der Waals surface area contributed by atoms with Crippen LogP contribution in [0.3, 0.4) is 0 Å². The monoisotopic (exact) mass is 462 g/mol. The van der Waals surface area contributed by atoms with Crippen molar-refractivity contribution in [1.29, 1.82) is 0 Å². The predicted molar refractivity (Wildman–Crippen MR) is 119 cm³/mol. The van der Waals surface area contributed by atoms with Gasteiger partial charge in [-0.05, 0) is 35.9 Å². The molecule has 0 aromatic heterocycles. The van der Waals surface area contributed by atoms with Gasteiger partial charge in [0.05, 0.1) is 19.3 Å². The van der Waals surface area contributed by atoms with Crippen LogP contribution in [0.1, 0.15) is 15.9 Å². The number of rotatable bonds is 8. The van der Waals surface area contributed by atoms with Crippen molar-refractivity contribution in [3.8, 4) is 11.5 Å². The number of aliphatic hydroxyl groups is 4. The van der Waals surface area contributed by atoms with Crippen LogP contribution in [0, 0.1) is 0 Å². The summed E-state index contributed by atoms with van der Waals surface area (Å²) in [7, 11) is 5.23. The number of anilines is 1. The predicted octanol–water partition coefficient (Wildman–Crippen LogP) is -0.130. The van der Waals surface area contributed by atoms with Crippen molar-refractivity contribution in [2.24, 2.45) is 0 Å². The Kier molecular flexibility index (Phi) is 8.11. The summed E-state index contributed by atoms with van der Waals surface area (Å²) in [5.74, 6) is 0.394. The second kappa shape index (κ2) is 10.8. The first kappa shape index (κ1) is 24.7. The second-order valence-electron chi connectivity index (χ2n) is 7.92. The van der Waals surface area contributed by atoms with Gasteiger partial charge in [0.25, 0.3) is 5.91 Å². The van der Waals surface area contributed by atoms with Crippen molar-refractivity contribution in [3.63, 3.8) is 0 Å². The molecular weight excluding hydrogens is 432 g/mol. The Hall–Kier alpha value is -2.89. The molecule has 1 heterocycles. The normalized spacial score (nSPS) is 24.8. The Labute approximate surface area is 191 Å². The van der Waals surface area contributed by atoms with Crippen LogP contribution in [0.5, 0.6) is 11.5 Å². The number of nitrogens with one attached hydrogen (secondary N) is 1. The van der Waals surface area contributed by atoms with Gasteiger partial charge in [0.15, 0.2) is 0 Å². The Morgan fingerprint density at radius 1 is 1.06 bits per heavy atom. The molecule has 180 valence electrons. The fourth-order valence-electron chi connectivity index (χ4n) is 3.39. The maximum atomic E-state index is 13.0. The number of benzene rings is 2. The van der Waals surface area contributed by atoms with E-state index in [1.54, 1.807) is 37.4 Å². The number of carbonyl (C=O) groups is 1. The van der Waals surface area contributed by atoms with Crippen LogP contribution in [0.4, 0.5) is 5.69 Å². The molecule has 1 aliphatic heterocycles. The Morgan fingerprint density at radius 3 is 2.36 bits per heavy atom. The molecule has 33 heavy (non-hydrogen) atoms. The van der Waals surface area contributed by atoms with Gasteiger partial charge in [0.2, 0.25) is 6.29 Å². The first-order chi connectivity index (χ1) is 15.7. The van der Waals surface area contributed by atoms with Gasteiger partial charge in [0.1, 0.15) is 35.9 Å².